The minimum atomic E-state index is -1.26. The van der Waals surface area contributed by atoms with Crippen molar-refractivity contribution < 1.29 is 9.00 Å². The van der Waals surface area contributed by atoms with Crippen LogP contribution in [0.15, 0.2) is 11.5 Å². The summed E-state index contributed by atoms with van der Waals surface area (Å²) in [4.78, 5) is 17.4. The molecule has 7 heteroatoms. The van der Waals surface area contributed by atoms with Crippen molar-refractivity contribution in [2.45, 2.75) is 38.1 Å². The van der Waals surface area contributed by atoms with Gasteiger partial charge in [0.15, 0.2) is 0 Å². The molecule has 0 aliphatic rings. The van der Waals surface area contributed by atoms with Crippen molar-refractivity contribution in [2.75, 3.05) is 13.1 Å². The molecule has 0 aliphatic carbocycles. The average molecular weight is 258 g/mol. The molecule has 0 radical (unpaired) electrons. The number of hydrogen-bond donors (Lipinski definition) is 0. The minimum absolute atomic E-state index is 0.0607. The van der Waals surface area contributed by atoms with Gasteiger partial charge in [-0.1, -0.05) is 13.8 Å². The van der Waals surface area contributed by atoms with Crippen LogP contribution in [-0.2, 0) is 10.8 Å². The van der Waals surface area contributed by atoms with Crippen LogP contribution in [0.5, 0.6) is 0 Å². The fourth-order valence-corrected chi connectivity index (χ4v) is 2.02. The maximum Gasteiger partial charge on any atom is 0.346 e. The third kappa shape index (κ3) is 3.12. The summed E-state index contributed by atoms with van der Waals surface area (Å²) in [7, 11) is -1.26. The molecule has 1 aromatic heterocycles. The highest BCUT2D eigenvalue weighted by Gasteiger charge is 2.18. The highest BCUT2D eigenvalue weighted by atomic mass is 32.2. The van der Waals surface area contributed by atoms with E-state index in [9.17, 15) is 9.00 Å². The number of carbonyl (C=O) groups is 1. The van der Waals surface area contributed by atoms with Crippen molar-refractivity contribution in [3.63, 3.8) is 0 Å². The molecule has 0 aromatic carbocycles. The van der Waals surface area contributed by atoms with Crippen LogP contribution in [0.25, 0.3) is 0 Å². The Morgan fingerprint density at radius 1 is 1.47 bits per heavy atom. The van der Waals surface area contributed by atoms with Crippen molar-refractivity contribution in [1.29, 1.82) is 0 Å². The van der Waals surface area contributed by atoms with E-state index >= 15 is 0 Å². The molecule has 6 nitrogen and oxygen atoms in total. The van der Waals surface area contributed by atoms with E-state index in [0.717, 1.165) is 4.68 Å². The smallest absolute Gasteiger partial charge is 0.323 e. The summed E-state index contributed by atoms with van der Waals surface area (Å²) in [5.41, 5.74) is 0. The topological polar surface area (TPSA) is 68.1 Å². The summed E-state index contributed by atoms with van der Waals surface area (Å²) in [6, 6.07) is -0.241. The Morgan fingerprint density at radius 3 is 2.53 bits per heavy atom. The van der Waals surface area contributed by atoms with Gasteiger partial charge in [0, 0.05) is 18.3 Å². The van der Waals surface area contributed by atoms with Crippen LogP contribution in [0.1, 0.15) is 27.7 Å². The zero-order valence-corrected chi connectivity index (χ0v) is 11.4. The first kappa shape index (κ1) is 13.8. The van der Waals surface area contributed by atoms with Crippen molar-refractivity contribution in [3.8, 4) is 0 Å². The monoisotopic (exact) mass is 258 g/mol. The summed E-state index contributed by atoms with van der Waals surface area (Å²) in [6.45, 7) is 8.65. The Bertz CT molecular complexity index is 412. The van der Waals surface area contributed by atoms with Crippen molar-refractivity contribution >= 4 is 16.8 Å². The van der Waals surface area contributed by atoms with Gasteiger partial charge in [0.25, 0.3) is 0 Å². The quantitative estimate of drug-likeness (QED) is 0.811. The number of rotatable bonds is 4. The van der Waals surface area contributed by atoms with E-state index < -0.39 is 10.8 Å². The zero-order chi connectivity index (χ0) is 13.0. The molecule has 0 spiro atoms. The lowest BCUT2D eigenvalue weighted by Crippen LogP contribution is -2.34. The Kier molecular flexibility index (Phi) is 4.80. The van der Waals surface area contributed by atoms with Crippen molar-refractivity contribution in [1.82, 2.24) is 19.7 Å². The van der Waals surface area contributed by atoms with Crippen LogP contribution >= 0.6 is 0 Å². The Morgan fingerprint density at radius 2 is 2.06 bits per heavy atom. The second-order valence-electron chi connectivity index (χ2n) is 3.77. The van der Waals surface area contributed by atoms with E-state index in [0.29, 0.717) is 13.1 Å². The molecule has 96 valence electrons. The van der Waals surface area contributed by atoms with Crippen molar-refractivity contribution in [3.05, 3.63) is 6.33 Å². The van der Waals surface area contributed by atoms with E-state index in [2.05, 4.69) is 10.1 Å². The molecule has 1 amide bonds. The SMILES string of the molecule is CCN(CC)C(=O)n1cnc(S(=O)C(C)C)n1. The van der Waals surface area contributed by atoms with Crippen LogP contribution in [0.2, 0.25) is 0 Å². The molecule has 0 N–H and O–H groups in total. The molecule has 0 fully saturated rings. The minimum Gasteiger partial charge on any atom is -0.323 e. The van der Waals surface area contributed by atoms with Crippen LogP contribution in [0.4, 0.5) is 4.79 Å². The van der Waals surface area contributed by atoms with Gasteiger partial charge in [0.1, 0.15) is 6.33 Å². The number of hydrogen-bond acceptors (Lipinski definition) is 4. The second-order valence-corrected chi connectivity index (χ2v) is 5.68. The Hall–Kier alpha value is -1.24. The molecule has 0 bridgehead atoms. The fraction of sp³-hybridized carbons (Fsp3) is 0.700. The van der Waals surface area contributed by atoms with Gasteiger partial charge in [0.05, 0.1) is 10.8 Å². The zero-order valence-electron chi connectivity index (χ0n) is 10.6. The lowest BCUT2D eigenvalue weighted by molar-refractivity contribution is 0.201. The highest BCUT2D eigenvalue weighted by Crippen LogP contribution is 2.05. The molecular weight excluding hydrogens is 240 g/mol. The van der Waals surface area contributed by atoms with Gasteiger partial charge in [-0.15, -0.1) is 5.10 Å². The van der Waals surface area contributed by atoms with E-state index in [1.165, 1.54) is 6.33 Å². The van der Waals surface area contributed by atoms with Gasteiger partial charge < -0.3 is 4.90 Å². The van der Waals surface area contributed by atoms with Gasteiger partial charge in [-0.25, -0.2) is 9.78 Å². The summed E-state index contributed by atoms with van der Waals surface area (Å²) in [5.74, 6) is 0. The summed E-state index contributed by atoms with van der Waals surface area (Å²) < 4.78 is 12.9. The number of amides is 1. The standard InChI is InChI=1S/C10H18N4O2S/c1-5-13(6-2)10(15)14-7-11-9(12-14)17(16)8(3)4/h7-8H,5-6H2,1-4H3. The lowest BCUT2D eigenvalue weighted by atomic mass is 10.5. The average Bonchev–Trinajstić information content (AvgIpc) is 2.78. The Labute approximate surface area is 103 Å². The summed E-state index contributed by atoms with van der Waals surface area (Å²) in [5, 5.41) is 4.11. The molecule has 1 aromatic rings. The molecule has 0 saturated heterocycles. The third-order valence-electron chi connectivity index (χ3n) is 2.31. The van der Waals surface area contributed by atoms with Crippen LogP contribution in [-0.4, -0.2) is 48.2 Å². The fourth-order valence-electron chi connectivity index (χ4n) is 1.28. The lowest BCUT2D eigenvalue weighted by Gasteiger charge is -2.17. The first-order valence-electron chi connectivity index (χ1n) is 5.62. The summed E-state index contributed by atoms with van der Waals surface area (Å²) >= 11 is 0. The third-order valence-corrected chi connectivity index (χ3v) is 3.71. The van der Waals surface area contributed by atoms with Gasteiger partial charge in [-0.2, -0.15) is 4.68 Å². The largest absolute Gasteiger partial charge is 0.346 e. The first-order valence-corrected chi connectivity index (χ1v) is 6.84. The van der Waals surface area contributed by atoms with Gasteiger partial charge in [-0.3, -0.25) is 4.21 Å². The van der Waals surface area contributed by atoms with E-state index in [1.54, 1.807) is 4.90 Å². The van der Waals surface area contributed by atoms with Crippen LogP contribution < -0.4 is 0 Å². The molecular formula is C10H18N4O2S. The predicted molar refractivity (Wildman–Crippen MR) is 65.3 cm³/mol. The molecule has 0 saturated carbocycles. The molecule has 0 aliphatic heterocycles. The van der Waals surface area contributed by atoms with Crippen LogP contribution in [0, 0.1) is 0 Å². The van der Waals surface area contributed by atoms with E-state index in [1.807, 2.05) is 27.7 Å². The van der Waals surface area contributed by atoms with Crippen molar-refractivity contribution in [2.24, 2.45) is 0 Å². The molecule has 1 unspecified atom stereocenters. The van der Waals surface area contributed by atoms with Gasteiger partial charge >= 0.3 is 6.03 Å². The molecule has 1 atom stereocenters. The maximum atomic E-state index is 11.9. The molecule has 1 rings (SSSR count). The molecule has 1 heterocycles. The maximum absolute atomic E-state index is 11.9. The highest BCUT2D eigenvalue weighted by molar-refractivity contribution is 7.85. The van der Waals surface area contributed by atoms with Gasteiger partial charge in [0.2, 0.25) is 5.16 Å². The second kappa shape index (κ2) is 5.90. The first-order chi connectivity index (χ1) is 8.01. The number of carbonyl (C=O) groups excluding carboxylic acids is 1. The summed E-state index contributed by atoms with van der Waals surface area (Å²) in [6.07, 6.45) is 1.32. The number of aromatic nitrogens is 3. The number of nitrogens with zero attached hydrogens (tertiary/aromatic N) is 4. The predicted octanol–water partition coefficient (Wildman–Crippen LogP) is 1.10. The van der Waals surface area contributed by atoms with Gasteiger partial charge in [-0.05, 0) is 13.8 Å². The molecule has 17 heavy (non-hydrogen) atoms. The van der Waals surface area contributed by atoms with E-state index in [-0.39, 0.29) is 16.4 Å². The van der Waals surface area contributed by atoms with Crippen LogP contribution in [0.3, 0.4) is 0 Å². The van der Waals surface area contributed by atoms with E-state index in [4.69, 9.17) is 0 Å². The normalized spacial score (nSPS) is 12.8. The Balaban J connectivity index is 2.88.